The lowest BCUT2D eigenvalue weighted by Crippen LogP contribution is -2.33. The Morgan fingerprint density at radius 2 is 2.08 bits per heavy atom. The SMILES string of the molecule is C[C@@H](NC(=O)COC(=O)C[C@@H]1Sc2ccccc2NC1=O)c1cccs1. The standard InChI is InChI=1S/C18H18N2O4S2/c1-11(13-7-4-8-25-13)19-16(21)10-24-17(22)9-15-18(23)20-12-5-2-3-6-14(12)26-15/h2-8,11,15H,9-10H2,1H3,(H,19,21)(H,20,23)/t11-,15+/m1/s1. The Labute approximate surface area is 159 Å². The Morgan fingerprint density at radius 3 is 2.85 bits per heavy atom. The van der Waals surface area contributed by atoms with E-state index in [1.807, 2.05) is 48.7 Å². The summed E-state index contributed by atoms with van der Waals surface area (Å²) >= 11 is 2.87. The first-order valence-corrected chi connectivity index (χ1v) is 9.84. The molecule has 0 saturated heterocycles. The number of hydrogen-bond acceptors (Lipinski definition) is 6. The topological polar surface area (TPSA) is 84.5 Å². The lowest BCUT2D eigenvalue weighted by molar-refractivity contribution is -0.149. The number of amides is 2. The molecule has 26 heavy (non-hydrogen) atoms. The number of thioether (sulfide) groups is 1. The Morgan fingerprint density at radius 1 is 1.27 bits per heavy atom. The van der Waals surface area contributed by atoms with Crippen molar-refractivity contribution in [2.24, 2.45) is 0 Å². The summed E-state index contributed by atoms with van der Waals surface area (Å²) in [6.07, 6.45) is -0.0847. The van der Waals surface area contributed by atoms with Crippen LogP contribution >= 0.6 is 23.1 Å². The summed E-state index contributed by atoms with van der Waals surface area (Å²) in [6.45, 7) is 1.51. The van der Waals surface area contributed by atoms with E-state index >= 15 is 0 Å². The second-order valence-electron chi connectivity index (χ2n) is 5.76. The van der Waals surface area contributed by atoms with Crippen molar-refractivity contribution in [3.8, 4) is 0 Å². The minimum Gasteiger partial charge on any atom is -0.456 e. The van der Waals surface area contributed by atoms with Crippen LogP contribution in [0.5, 0.6) is 0 Å². The second-order valence-corrected chi connectivity index (χ2v) is 7.99. The van der Waals surface area contributed by atoms with Crippen LogP contribution in [-0.2, 0) is 19.1 Å². The summed E-state index contributed by atoms with van der Waals surface area (Å²) in [5, 5.41) is 6.92. The van der Waals surface area contributed by atoms with Crippen LogP contribution < -0.4 is 10.6 Å². The molecule has 3 rings (SSSR count). The van der Waals surface area contributed by atoms with E-state index in [-0.39, 0.29) is 30.9 Å². The minimum atomic E-state index is -0.573. The molecule has 1 aliphatic rings. The molecule has 0 radical (unpaired) electrons. The van der Waals surface area contributed by atoms with E-state index < -0.39 is 11.2 Å². The highest BCUT2D eigenvalue weighted by atomic mass is 32.2. The van der Waals surface area contributed by atoms with Crippen LogP contribution in [0.3, 0.4) is 0 Å². The number of nitrogens with one attached hydrogen (secondary N) is 2. The van der Waals surface area contributed by atoms with E-state index in [0.29, 0.717) is 0 Å². The van der Waals surface area contributed by atoms with Gasteiger partial charge in [-0.05, 0) is 30.5 Å². The molecule has 0 unspecified atom stereocenters. The molecule has 2 heterocycles. The largest absolute Gasteiger partial charge is 0.456 e. The van der Waals surface area contributed by atoms with Gasteiger partial charge in [-0.15, -0.1) is 23.1 Å². The second kappa shape index (κ2) is 8.37. The molecule has 0 fully saturated rings. The highest BCUT2D eigenvalue weighted by Gasteiger charge is 2.29. The lowest BCUT2D eigenvalue weighted by atomic mass is 10.2. The Kier molecular flexibility index (Phi) is 5.95. The van der Waals surface area contributed by atoms with Gasteiger partial charge in [0.05, 0.1) is 23.4 Å². The summed E-state index contributed by atoms with van der Waals surface area (Å²) in [5.41, 5.74) is 0.744. The van der Waals surface area contributed by atoms with Gasteiger partial charge in [-0.1, -0.05) is 18.2 Å². The van der Waals surface area contributed by atoms with Crippen molar-refractivity contribution in [1.82, 2.24) is 5.32 Å². The summed E-state index contributed by atoms with van der Waals surface area (Å²) < 4.78 is 5.02. The molecule has 2 N–H and O–H groups in total. The molecule has 1 aromatic heterocycles. The van der Waals surface area contributed by atoms with Crippen molar-refractivity contribution in [2.75, 3.05) is 11.9 Å². The molecule has 0 spiro atoms. The average molecular weight is 390 g/mol. The highest BCUT2D eigenvalue weighted by molar-refractivity contribution is 8.01. The van der Waals surface area contributed by atoms with Gasteiger partial charge in [0, 0.05) is 9.77 Å². The summed E-state index contributed by atoms with van der Waals surface area (Å²) in [5.74, 6) is -1.18. The zero-order valence-corrected chi connectivity index (χ0v) is 15.7. The first kappa shape index (κ1) is 18.5. The predicted octanol–water partition coefficient (Wildman–Crippen LogP) is 2.97. The quantitative estimate of drug-likeness (QED) is 0.741. The number of carbonyl (C=O) groups is 3. The summed E-state index contributed by atoms with van der Waals surface area (Å²) in [4.78, 5) is 37.9. The number of esters is 1. The van der Waals surface area contributed by atoms with Crippen molar-refractivity contribution >= 4 is 46.6 Å². The highest BCUT2D eigenvalue weighted by Crippen LogP contribution is 2.36. The fourth-order valence-corrected chi connectivity index (χ4v) is 4.30. The molecule has 6 nitrogen and oxygen atoms in total. The smallest absolute Gasteiger partial charge is 0.307 e. The van der Waals surface area contributed by atoms with Crippen LogP contribution in [0.2, 0.25) is 0 Å². The number of thiophene rings is 1. The third kappa shape index (κ3) is 4.64. The van der Waals surface area contributed by atoms with Crippen LogP contribution in [-0.4, -0.2) is 29.6 Å². The average Bonchev–Trinajstić information content (AvgIpc) is 3.15. The Bertz CT molecular complexity index is 807. The summed E-state index contributed by atoms with van der Waals surface area (Å²) in [7, 11) is 0. The number of anilines is 1. The summed E-state index contributed by atoms with van der Waals surface area (Å²) in [6, 6.07) is 11.1. The van der Waals surface area contributed by atoms with Gasteiger partial charge >= 0.3 is 5.97 Å². The van der Waals surface area contributed by atoms with E-state index in [1.165, 1.54) is 11.8 Å². The fraction of sp³-hybridized carbons (Fsp3) is 0.278. The minimum absolute atomic E-state index is 0.0847. The zero-order valence-electron chi connectivity index (χ0n) is 14.1. The Hall–Kier alpha value is -2.32. The van der Waals surface area contributed by atoms with Gasteiger partial charge in [-0.3, -0.25) is 14.4 Å². The van der Waals surface area contributed by atoms with Crippen molar-refractivity contribution in [1.29, 1.82) is 0 Å². The van der Waals surface area contributed by atoms with Crippen LogP contribution in [0.4, 0.5) is 5.69 Å². The maximum absolute atomic E-state index is 12.1. The zero-order chi connectivity index (χ0) is 18.5. The van der Waals surface area contributed by atoms with Gasteiger partial charge in [-0.25, -0.2) is 0 Å². The first-order valence-electron chi connectivity index (χ1n) is 8.08. The molecule has 2 amide bonds. The van der Waals surface area contributed by atoms with E-state index in [4.69, 9.17) is 4.74 Å². The van der Waals surface area contributed by atoms with Gasteiger partial charge in [0.2, 0.25) is 5.91 Å². The van der Waals surface area contributed by atoms with Crippen LogP contribution in [0.15, 0.2) is 46.7 Å². The van der Waals surface area contributed by atoms with E-state index in [2.05, 4.69) is 10.6 Å². The molecule has 136 valence electrons. The molecule has 0 saturated carbocycles. The van der Waals surface area contributed by atoms with Crippen LogP contribution in [0.1, 0.15) is 24.3 Å². The van der Waals surface area contributed by atoms with Crippen molar-refractivity contribution in [2.45, 2.75) is 29.5 Å². The monoisotopic (exact) mass is 390 g/mol. The maximum Gasteiger partial charge on any atom is 0.307 e. The lowest BCUT2D eigenvalue weighted by Gasteiger charge is -2.23. The molecule has 0 aliphatic carbocycles. The van der Waals surface area contributed by atoms with E-state index in [1.54, 1.807) is 11.3 Å². The molecular weight excluding hydrogens is 372 g/mol. The number of para-hydroxylation sites is 1. The molecule has 1 aromatic carbocycles. The van der Waals surface area contributed by atoms with Crippen molar-refractivity contribution < 1.29 is 19.1 Å². The van der Waals surface area contributed by atoms with E-state index in [0.717, 1.165) is 15.5 Å². The van der Waals surface area contributed by atoms with Crippen LogP contribution in [0.25, 0.3) is 0 Å². The van der Waals surface area contributed by atoms with E-state index in [9.17, 15) is 14.4 Å². The molecule has 2 atom stereocenters. The number of fused-ring (bicyclic) bond motifs is 1. The van der Waals surface area contributed by atoms with Gasteiger partial charge in [0.25, 0.3) is 5.91 Å². The third-order valence-corrected chi connectivity index (χ3v) is 6.10. The molecule has 0 bridgehead atoms. The molecular formula is C18H18N2O4S2. The Balaban J connectivity index is 1.45. The molecule has 8 heteroatoms. The van der Waals surface area contributed by atoms with Gasteiger partial charge in [0.15, 0.2) is 6.61 Å². The first-order chi connectivity index (χ1) is 12.5. The normalized spacial score (nSPS) is 17.0. The number of carbonyl (C=O) groups excluding carboxylic acids is 3. The number of benzene rings is 1. The van der Waals surface area contributed by atoms with Crippen molar-refractivity contribution in [3.63, 3.8) is 0 Å². The number of hydrogen-bond donors (Lipinski definition) is 2. The third-order valence-electron chi connectivity index (χ3n) is 3.77. The fourth-order valence-electron chi connectivity index (χ4n) is 2.48. The van der Waals surface area contributed by atoms with Gasteiger partial charge < -0.3 is 15.4 Å². The van der Waals surface area contributed by atoms with Crippen molar-refractivity contribution in [3.05, 3.63) is 46.7 Å². The predicted molar refractivity (Wildman–Crippen MR) is 101 cm³/mol. The molecule has 2 aromatic rings. The molecule has 1 aliphatic heterocycles. The number of ether oxygens (including phenoxy) is 1. The number of rotatable bonds is 6. The van der Waals surface area contributed by atoms with Gasteiger partial charge in [0.1, 0.15) is 0 Å². The maximum atomic E-state index is 12.1. The van der Waals surface area contributed by atoms with Gasteiger partial charge in [-0.2, -0.15) is 0 Å². The van der Waals surface area contributed by atoms with Crippen LogP contribution in [0, 0.1) is 0 Å².